The van der Waals surface area contributed by atoms with E-state index in [4.69, 9.17) is 9.88 Å². The smallest absolute Gasteiger partial charge is 0.241 e. The Labute approximate surface area is 136 Å². The van der Waals surface area contributed by atoms with Gasteiger partial charge in [-0.25, -0.2) is 13.6 Å². The molecule has 1 saturated heterocycles. The number of morpholine rings is 1. The fourth-order valence-electron chi connectivity index (χ4n) is 2.67. The SMILES string of the molecule is C[C@H]1CN([C@@H](C)C(=O)Nc2ccc(S(N)(=O)=O)cc2)C[C@H](C)O1. The van der Waals surface area contributed by atoms with Crippen molar-refractivity contribution >= 4 is 21.6 Å². The van der Waals surface area contributed by atoms with Gasteiger partial charge in [-0.05, 0) is 45.0 Å². The Hall–Kier alpha value is -1.48. The fourth-order valence-corrected chi connectivity index (χ4v) is 3.19. The summed E-state index contributed by atoms with van der Waals surface area (Å²) in [5.74, 6) is -0.144. The van der Waals surface area contributed by atoms with Crippen LogP contribution in [0.4, 0.5) is 5.69 Å². The van der Waals surface area contributed by atoms with Crippen molar-refractivity contribution in [2.45, 2.75) is 43.9 Å². The molecule has 0 saturated carbocycles. The quantitative estimate of drug-likeness (QED) is 0.842. The minimum absolute atomic E-state index is 0.0133. The molecule has 1 heterocycles. The van der Waals surface area contributed by atoms with Crippen LogP contribution in [0.1, 0.15) is 20.8 Å². The van der Waals surface area contributed by atoms with E-state index in [1.807, 2.05) is 20.8 Å². The van der Waals surface area contributed by atoms with E-state index < -0.39 is 10.0 Å². The van der Waals surface area contributed by atoms with Crippen molar-refractivity contribution in [1.82, 2.24) is 4.90 Å². The highest BCUT2D eigenvalue weighted by Crippen LogP contribution is 2.16. The molecule has 0 aromatic heterocycles. The van der Waals surface area contributed by atoms with E-state index in [1.54, 1.807) is 0 Å². The summed E-state index contributed by atoms with van der Waals surface area (Å²) in [5.41, 5.74) is 0.531. The number of nitrogens with two attached hydrogens (primary N) is 1. The maximum atomic E-state index is 12.4. The van der Waals surface area contributed by atoms with Crippen molar-refractivity contribution in [3.05, 3.63) is 24.3 Å². The molecule has 0 aliphatic carbocycles. The van der Waals surface area contributed by atoms with Gasteiger partial charge in [0.2, 0.25) is 15.9 Å². The number of nitrogens with zero attached hydrogens (tertiary/aromatic N) is 1. The number of rotatable bonds is 4. The van der Waals surface area contributed by atoms with Crippen LogP contribution in [0.2, 0.25) is 0 Å². The monoisotopic (exact) mass is 341 g/mol. The molecule has 0 spiro atoms. The number of anilines is 1. The summed E-state index contributed by atoms with van der Waals surface area (Å²) in [6.45, 7) is 7.21. The number of sulfonamides is 1. The largest absolute Gasteiger partial charge is 0.373 e. The lowest BCUT2D eigenvalue weighted by molar-refractivity contribution is -0.126. The van der Waals surface area contributed by atoms with Crippen molar-refractivity contribution in [3.8, 4) is 0 Å². The first-order chi connectivity index (χ1) is 10.7. The number of carbonyl (C=O) groups is 1. The molecule has 1 fully saturated rings. The highest BCUT2D eigenvalue weighted by molar-refractivity contribution is 7.89. The van der Waals surface area contributed by atoms with Crippen molar-refractivity contribution in [2.24, 2.45) is 5.14 Å². The molecule has 1 amide bonds. The van der Waals surface area contributed by atoms with E-state index in [0.717, 1.165) is 0 Å². The summed E-state index contributed by atoms with van der Waals surface area (Å²) in [6, 6.07) is 5.48. The van der Waals surface area contributed by atoms with Gasteiger partial charge in [-0.2, -0.15) is 0 Å². The van der Waals surface area contributed by atoms with Gasteiger partial charge in [0.25, 0.3) is 0 Å². The topological polar surface area (TPSA) is 102 Å². The van der Waals surface area contributed by atoms with Crippen LogP contribution in [0.5, 0.6) is 0 Å². The summed E-state index contributed by atoms with van der Waals surface area (Å²) in [4.78, 5) is 14.5. The Morgan fingerprint density at radius 2 is 1.78 bits per heavy atom. The van der Waals surface area contributed by atoms with E-state index in [1.165, 1.54) is 24.3 Å². The highest BCUT2D eigenvalue weighted by atomic mass is 32.2. The molecule has 0 bridgehead atoms. The zero-order chi connectivity index (χ0) is 17.2. The number of amides is 1. The predicted octanol–water partition coefficient (Wildman–Crippen LogP) is 0.770. The Kier molecular flexibility index (Phi) is 5.41. The lowest BCUT2D eigenvalue weighted by Crippen LogP contribution is -2.52. The van der Waals surface area contributed by atoms with E-state index in [9.17, 15) is 13.2 Å². The molecule has 3 atom stereocenters. The van der Waals surface area contributed by atoms with Gasteiger partial charge in [0.1, 0.15) is 0 Å². The van der Waals surface area contributed by atoms with Crippen LogP contribution in [0.25, 0.3) is 0 Å². The molecule has 8 heteroatoms. The summed E-state index contributed by atoms with van der Waals surface area (Å²) < 4.78 is 28.1. The van der Waals surface area contributed by atoms with Gasteiger partial charge in [-0.1, -0.05) is 0 Å². The maximum absolute atomic E-state index is 12.4. The van der Waals surface area contributed by atoms with Crippen LogP contribution >= 0.6 is 0 Å². The van der Waals surface area contributed by atoms with Crippen LogP contribution in [0, 0.1) is 0 Å². The first-order valence-corrected chi connectivity index (χ1v) is 9.04. The number of benzene rings is 1. The lowest BCUT2D eigenvalue weighted by Gasteiger charge is -2.38. The third kappa shape index (κ3) is 4.74. The van der Waals surface area contributed by atoms with Crippen LogP contribution in [0.3, 0.4) is 0 Å². The van der Waals surface area contributed by atoms with Crippen molar-refractivity contribution in [2.75, 3.05) is 18.4 Å². The third-order valence-electron chi connectivity index (χ3n) is 3.83. The van der Waals surface area contributed by atoms with Crippen molar-refractivity contribution in [3.63, 3.8) is 0 Å². The van der Waals surface area contributed by atoms with Crippen LogP contribution < -0.4 is 10.5 Å². The van der Waals surface area contributed by atoms with Gasteiger partial charge in [0.15, 0.2) is 0 Å². The van der Waals surface area contributed by atoms with Crippen LogP contribution in [-0.2, 0) is 19.6 Å². The second-order valence-corrected chi connectivity index (χ2v) is 7.51. The number of nitrogens with one attached hydrogen (secondary N) is 1. The van der Waals surface area contributed by atoms with Gasteiger partial charge < -0.3 is 10.1 Å². The molecule has 0 unspecified atom stereocenters. The summed E-state index contributed by atoms with van der Waals surface area (Å²) in [7, 11) is -3.73. The van der Waals surface area contributed by atoms with Gasteiger partial charge in [0.05, 0.1) is 23.1 Å². The van der Waals surface area contributed by atoms with E-state index >= 15 is 0 Å². The standard InChI is InChI=1S/C15H23N3O4S/c1-10-8-18(9-11(2)22-10)12(3)15(19)17-13-4-6-14(7-5-13)23(16,20)21/h4-7,10-12H,8-9H2,1-3H3,(H,17,19)(H2,16,20,21)/t10-,11-,12-/m0/s1. The molecule has 1 aliphatic heterocycles. The lowest BCUT2D eigenvalue weighted by atomic mass is 10.1. The normalized spacial score (nSPS) is 24.2. The first-order valence-electron chi connectivity index (χ1n) is 7.50. The number of primary sulfonamides is 1. The zero-order valence-electron chi connectivity index (χ0n) is 13.5. The van der Waals surface area contributed by atoms with Gasteiger partial charge in [-0.3, -0.25) is 9.69 Å². The van der Waals surface area contributed by atoms with Gasteiger partial charge in [0, 0.05) is 18.8 Å². The third-order valence-corrected chi connectivity index (χ3v) is 4.75. The van der Waals surface area contributed by atoms with Crippen molar-refractivity contribution < 1.29 is 17.9 Å². The zero-order valence-corrected chi connectivity index (χ0v) is 14.3. The molecule has 0 radical (unpaired) electrons. The predicted molar refractivity (Wildman–Crippen MR) is 87.5 cm³/mol. The Balaban J connectivity index is 2.01. The molecule has 1 aromatic carbocycles. The minimum atomic E-state index is -3.73. The first kappa shape index (κ1) is 17.9. The van der Waals surface area contributed by atoms with Gasteiger partial charge >= 0.3 is 0 Å². The molecule has 1 aliphatic rings. The van der Waals surface area contributed by atoms with Crippen LogP contribution in [-0.4, -0.2) is 50.6 Å². The molecular formula is C15H23N3O4S. The number of carbonyl (C=O) groups excluding carboxylic acids is 1. The summed E-state index contributed by atoms with van der Waals surface area (Å²) in [6.07, 6.45) is 0.172. The van der Waals surface area contributed by atoms with E-state index in [-0.39, 0.29) is 29.1 Å². The van der Waals surface area contributed by atoms with Crippen LogP contribution in [0.15, 0.2) is 29.2 Å². The second kappa shape index (κ2) is 6.96. The average Bonchev–Trinajstić information content (AvgIpc) is 2.45. The number of hydrogen-bond donors (Lipinski definition) is 2. The molecule has 2 rings (SSSR count). The second-order valence-electron chi connectivity index (χ2n) is 5.95. The molecule has 3 N–H and O–H groups in total. The number of ether oxygens (including phenoxy) is 1. The highest BCUT2D eigenvalue weighted by Gasteiger charge is 2.29. The van der Waals surface area contributed by atoms with Crippen molar-refractivity contribution in [1.29, 1.82) is 0 Å². The maximum Gasteiger partial charge on any atom is 0.241 e. The van der Waals surface area contributed by atoms with Gasteiger partial charge in [-0.15, -0.1) is 0 Å². The molecule has 7 nitrogen and oxygen atoms in total. The van der Waals surface area contributed by atoms with E-state index in [2.05, 4.69) is 10.2 Å². The molecule has 1 aromatic rings. The number of hydrogen-bond acceptors (Lipinski definition) is 5. The molecule has 23 heavy (non-hydrogen) atoms. The molecular weight excluding hydrogens is 318 g/mol. The molecule has 128 valence electrons. The summed E-state index contributed by atoms with van der Waals surface area (Å²) in [5, 5.41) is 7.84. The van der Waals surface area contributed by atoms with E-state index in [0.29, 0.717) is 18.8 Å². The Morgan fingerprint density at radius 1 is 1.26 bits per heavy atom. The minimum Gasteiger partial charge on any atom is -0.373 e. The average molecular weight is 341 g/mol. The Morgan fingerprint density at radius 3 is 2.26 bits per heavy atom. The Bertz CT molecular complexity index is 650. The fraction of sp³-hybridized carbons (Fsp3) is 0.533. The summed E-state index contributed by atoms with van der Waals surface area (Å²) >= 11 is 0.